The minimum absolute atomic E-state index is 0.0737. The first-order valence-electron chi connectivity index (χ1n) is 4.95. The highest BCUT2D eigenvalue weighted by molar-refractivity contribution is 5.70. The van der Waals surface area contributed by atoms with Crippen LogP contribution in [0.3, 0.4) is 0 Å². The summed E-state index contributed by atoms with van der Waals surface area (Å²) in [6, 6.07) is 0. The lowest BCUT2D eigenvalue weighted by Gasteiger charge is -1.99. The summed E-state index contributed by atoms with van der Waals surface area (Å²) < 4.78 is 13.8. The van der Waals surface area contributed by atoms with E-state index in [-0.39, 0.29) is 18.5 Å². The Kier molecular flexibility index (Phi) is 14.0. The van der Waals surface area contributed by atoms with Crippen LogP contribution < -0.4 is 0 Å². The highest BCUT2D eigenvalue weighted by atomic mass is 16.6. The van der Waals surface area contributed by atoms with E-state index in [1.165, 1.54) is 6.92 Å². The Balaban J connectivity index is 0. The van der Waals surface area contributed by atoms with Gasteiger partial charge in [0, 0.05) is 13.5 Å². The summed E-state index contributed by atoms with van der Waals surface area (Å²) in [6.07, 6.45) is 0. The van der Waals surface area contributed by atoms with E-state index in [9.17, 15) is 9.59 Å². The second kappa shape index (κ2) is 12.9. The highest BCUT2D eigenvalue weighted by Crippen LogP contribution is 1.79. The second-order valence-corrected chi connectivity index (χ2v) is 2.37. The van der Waals surface area contributed by atoms with Gasteiger partial charge in [0.1, 0.15) is 6.61 Å². The maximum atomic E-state index is 10.5. The number of carbonyl (C=O) groups excluding carboxylic acids is 2. The zero-order valence-corrected chi connectivity index (χ0v) is 9.87. The zero-order valence-electron chi connectivity index (χ0n) is 9.87. The molecule has 0 aliphatic heterocycles. The molecule has 0 spiro atoms. The quantitative estimate of drug-likeness (QED) is 0.650. The SMILES string of the molecule is CCOC(C)=O.CCOCC(=O)OCC. The largest absolute Gasteiger partial charge is 0.466 e. The Bertz CT molecular complexity index is 167. The molecule has 0 atom stereocenters. The third-order valence-corrected chi connectivity index (χ3v) is 1.08. The van der Waals surface area contributed by atoms with Crippen LogP contribution in [-0.4, -0.2) is 38.4 Å². The smallest absolute Gasteiger partial charge is 0.332 e. The van der Waals surface area contributed by atoms with Crippen molar-refractivity contribution in [3.05, 3.63) is 0 Å². The number of esters is 2. The van der Waals surface area contributed by atoms with E-state index in [1.807, 2.05) is 6.92 Å². The molecule has 5 heteroatoms. The van der Waals surface area contributed by atoms with E-state index in [0.717, 1.165) is 0 Å². The standard InChI is InChI=1S/C6H12O3.C4H8O2/c1-3-8-5-6(7)9-4-2;1-3-6-4(2)5/h3-5H2,1-2H3;3H2,1-2H3. The van der Waals surface area contributed by atoms with Crippen molar-refractivity contribution in [3.63, 3.8) is 0 Å². The molecule has 90 valence electrons. The summed E-state index contributed by atoms with van der Waals surface area (Å²) in [5, 5.41) is 0. The van der Waals surface area contributed by atoms with Crippen LogP contribution in [0.25, 0.3) is 0 Å². The molecule has 0 saturated heterocycles. The number of hydrogen-bond acceptors (Lipinski definition) is 5. The Hall–Kier alpha value is -1.10. The first-order valence-corrected chi connectivity index (χ1v) is 4.95. The van der Waals surface area contributed by atoms with Gasteiger partial charge in [-0.25, -0.2) is 4.79 Å². The number of rotatable bonds is 5. The van der Waals surface area contributed by atoms with Gasteiger partial charge in [0.05, 0.1) is 13.2 Å². The Labute approximate surface area is 90.7 Å². The lowest BCUT2D eigenvalue weighted by Crippen LogP contribution is -2.11. The van der Waals surface area contributed by atoms with Gasteiger partial charge in [-0.1, -0.05) is 0 Å². The van der Waals surface area contributed by atoms with Crippen molar-refractivity contribution >= 4 is 11.9 Å². The van der Waals surface area contributed by atoms with Gasteiger partial charge in [0.25, 0.3) is 0 Å². The van der Waals surface area contributed by atoms with Gasteiger partial charge < -0.3 is 14.2 Å². The van der Waals surface area contributed by atoms with Gasteiger partial charge in [-0.3, -0.25) is 4.79 Å². The predicted octanol–water partition coefficient (Wildman–Crippen LogP) is 1.16. The second-order valence-electron chi connectivity index (χ2n) is 2.37. The molecule has 15 heavy (non-hydrogen) atoms. The Morgan fingerprint density at radius 3 is 1.73 bits per heavy atom. The van der Waals surface area contributed by atoms with Crippen molar-refractivity contribution in [1.82, 2.24) is 0 Å². The van der Waals surface area contributed by atoms with Crippen LogP contribution in [0.2, 0.25) is 0 Å². The molecular weight excluding hydrogens is 200 g/mol. The molecule has 0 fully saturated rings. The first kappa shape index (κ1) is 16.3. The van der Waals surface area contributed by atoms with Crippen LogP contribution in [-0.2, 0) is 23.8 Å². The van der Waals surface area contributed by atoms with Crippen molar-refractivity contribution in [2.45, 2.75) is 27.7 Å². The number of carbonyl (C=O) groups is 2. The molecule has 0 bridgehead atoms. The Morgan fingerprint density at radius 2 is 1.47 bits per heavy atom. The molecule has 0 unspecified atom stereocenters. The normalized spacial score (nSPS) is 8.53. The first-order chi connectivity index (χ1) is 7.08. The third-order valence-electron chi connectivity index (χ3n) is 1.08. The van der Waals surface area contributed by atoms with E-state index >= 15 is 0 Å². The van der Waals surface area contributed by atoms with Gasteiger partial charge in [0.2, 0.25) is 0 Å². The van der Waals surface area contributed by atoms with Gasteiger partial charge in [0.15, 0.2) is 0 Å². The van der Waals surface area contributed by atoms with E-state index in [4.69, 9.17) is 4.74 Å². The molecule has 0 heterocycles. The third kappa shape index (κ3) is 19.3. The molecule has 0 aromatic rings. The Morgan fingerprint density at radius 1 is 0.933 bits per heavy atom. The summed E-state index contributed by atoms with van der Waals surface area (Å²) in [5.74, 6) is -0.503. The van der Waals surface area contributed by atoms with Crippen LogP contribution in [0.5, 0.6) is 0 Å². The molecule has 0 aliphatic rings. The van der Waals surface area contributed by atoms with Crippen molar-refractivity contribution in [1.29, 1.82) is 0 Å². The molecule has 0 aromatic carbocycles. The van der Waals surface area contributed by atoms with Gasteiger partial charge in [-0.05, 0) is 20.8 Å². The lowest BCUT2D eigenvalue weighted by atomic mass is 10.7. The predicted molar refractivity (Wildman–Crippen MR) is 55.4 cm³/mol. The van der Waals surface area contributed by atoms with Gasteiger partial charge in [-0.15, -0.1) is 0 Å². The zero-order chi connectivity index (χ0) is 12.1. The fraction of sp³-hybridized carbons (Fsp3) is 0.800. The summed E-state index contributed by atoms with van der Waals surface area (Å²) >= 11 is 0. The summed E-state index contributed by atoms with van der Waals surface area (Å²) in [7, 11) is 0. The van der Waals surface area contributed by atoms with Gasteiger partial charge in [-0.2, -0.15) is 0 Å². The van der Waals surface area contributed by atoms with Crippen LogP contribution in [0.4, 0.5) is 0 Å². The summed E-state index contributed by atoms with van der Waals surface area (Å²) in [4.78, 5) is 20.3. The molecule has 0 rings (SSSR count). The van der Waals surface area contributed by atoms with E-state index in [1.54, 1.807) is 13.8 Å². The average molecular weight is 220 g/mol. The van der Waals surface area contributed by atoms with Crippen molar-refractivity contribution < 1.29 is 23.8 Å². The van der Waals surface area contributed by atoms with Crippen LogP contribution in [0.1, 0.15) is 27.7 Å². The molecule has 0 radical (unpaired) electrons. The maximum absolute atomic E-state index is 10.5. The molecule has 5 nitrogen and oxygen atoms in total. The lowest BCUT2D eigenvalue weighted by molar-refractivity contribution is -0.148. The highest BCUT2D eigenvalue weighted by Gasteiger charge is 1.97. The average Bonchev–Trinajstić information content (AvgIpc) is 2.16. The van der Waals surface area contributed by atoms with Gasteiger partial charge >= 0.3 is 11.9 Å². The van der Waals surface area contributed by atoms with Crippen molar-refractivity contribution in [2.24, 2.45) is 0 Å². The summed E-state index contributed by atoms with van der Waals surface area (Å²) in [5.41, 5.74) is 0. The fourth-order valence-electron chi connectivity index (χ4n) is 0.591. The number of ether oxygens (including phenoxy) is 3. The summed E-state index contributed by atoms with van der Waals surface area (Å²) in [6.45, 7) is 8.30. The molecule has 0 amide bonds. The molecule has 0 saturated carbocycles. The number of hydrogen-bond donors (Lipinski definition) is 0. The minimum Gasteiger partial charge on any atom is -0.466 e. The van der Waals surface area contributed by atoms with Crippen LogP contribution >= 0.6 is 0 Å². The van der Waals surface area contributed by atoms with Crippen LogP contribution in [0, 0.1) is 0 Å². The van der Waals surface area contributed by atoms with E-state index in [2.05, 4.69) is 9.47 Å². The van der Waals surface area contributed by atoms with E-state index in [0.29, 0.717) is 19.8 Å². The minimum atomic E-state index is -0.292. The van der Waals surface area contributed by atoms with Crippen molar-refractivity contribution in [3.8, 4) is 0 Å². The monoisotopic (exact) mass is 220 g/mol. The van der Waals surface area contributed by atoms with Crippen LogP contribution in [0.15, 0.2) is 0 Å². The maximum Gasteiger partial charge on any atom is 0.332 e. The van der Waals surface area contributed by atoms with E-state index < -0.39 is 0 Å². The fourth-order valence-corrected chi connectivity index (χ4v) is 0.591. The molecule has 0 aromatic heterocycles. The van der Waals surface area contributed by atoms with Crippen molar-refractivity contribution in [2.75, 3.05) is 26.4 Å². The molecule has 0 aliphatic carbocycles. The topological polar surface area (TPSA) is 61.8 Å². The molecular formula is C10H20O5. The molecule has 0 N–H and O–H groups in total.